The molecular formula is C34H25BrN2O5. The number of carbonyl (C=O) groups excluding carboxylic acids is 4. The zero-order valence-electron chi connectivity index (χ0n) is 22.5. The Hall–Kier alpha value is -4.56. The van der Waals surface area contributed by atoms with E-state index >= 15 is 0 Å². The summed E-state index contributed by atoms with van der Waals surface area (Å²) in [6, 6.07) is 27.8. The molecular weight excluding hydrogens is 596 g/mol. The minimum absolute atomic E-state index is 0.185. The largest absolute Gasteiger partial charge is 0.452 e. The molecule has 2 atom stereocenters. The molecule has 3 amide bonds. The van der Waals surface area contributed by atoms with Crippen LogP contribution in [0.5, 0.6) is 0 Å². The van der Waals surface area contributed by atoms with Gasteiger partial charge >= 0.3 is 5.97 Å². The van der Waals surface area contributed by atoms with Gasteiger partial charge in [-0.05, 0) is 77.2 Å². The van der Waals surface area contributed by atoms with E-state index in [9.17, 15) is 19.2 Å². The van der Waals surface area contributed by atoms with Gasteiger partial charge in [-0.15, -0.1) is 0 Å². The highest BCUT2D eigenvalue weighted by atomic mass is 79.9. The third kappa shape index (κ3) is 4.09. The fourth-order valence-electron chi connectivity index (χ4n) is 6.81. The molecule has 1 heterocycles. The molecule has 3 aliphatic carbocycles. The summed E-state index contributed by atoms with van der Waals surface area (Å²) >= 11 is 3.42. The smallest absolute Gasteiger partial charge is 0.338 e. The Kier molecular flexibility index (Phi) is 6.31. The van der Waals surface area contributed by atoms with Gasteiger partial charge < -0.3 is 10.1 Å². The van der Waals surface area contributed by atoms with E-state index in [0.29, 0.717) is 11.4 Å². The Labute approximate surface area is 250 Å². The van der Waals surface area contributed by atoms with Gasteiger partial charge in [0.2, 0.25) is 11.8 Å². The predicted octanol–water partition coefficient (Wildman–Crippen LogP) is 5.95. The molecule has 1 aliphatic heterocycles. The third-order valence-electron chi connectivity index (χ3n) is 8.59. The van der Waals surface area contributed by atoms with Crippen LogP contribution in [0.25, 0.3) is 0 Å². The molecule has 1 saturated heterocycles. The van der Waals surface area contributed by atoms with E-state index < -0.39 is 30.3 Å². The van der Waals surface area contributed by atoms with Gasteiger partial charge in [0, 0.05) is 22.0 Å². The summed E-state index contributed by atoms with van der Waals surface area (Å²) in [4.78, 5) is 54.1. The van der Waals surface area contributed by atoms with Crippen molar-refractivity contribution in [3.8, 4) is 0 Å². The number of anilines is 2. The Bertz CT molecular complexity index is 1680. The second kappa shape index (κ2) is 10.1. The van der Waals surface area contributed by atoms with Crippen molar-refractivity contribution in [3.05, 3.63) is 129 Å². The maximum atomic E-state index is 13.9. The number of nitrogens with zero attached hydrogens (tertiary/aromatic N) is 1. The molecule has 1 fully saturated rings. The molecule has 1 N–H and O–H groups in total. The zero-order valence-corrected chi connectivity index (χ0v) is 24.1. The van der Waals surface area contributed by atoms with Crippen LogP contribution in [0.15, 0.2) is 95.5 Å². The molecule has 8 heteroatoms. The predicted molar refractivity (Wildman–Crippen MR) is 160 cm³/mol. The number of carbonyl (C=O) groups is 4. The zero-order chi connectivity index (χ0) is 29.1. The topological polar surface area (TPSA) is 92.8 Å². The molecule has 8 rings (SSSR count). The van der Waals surface area contributed by atoms with E-state index in [-0.39, 0.29) is 29.2 Å². The van der Waals surface area contributed by atoms with E-state index in [4.69, 9.17) is 4.74 Å². The monoisotopic (exact) mass is 620 g/mol. The van der Waals surface area contributed by atoms with Crippen molar-refractivity contribution in [2.24, 2.45) is 11.8 Å². The fraction of sp³-hybridized carbons (Fsp3) is 0.176. The van der Waals surface area contributed by atoms with Gasteiger partial charge in [-0.2, -0.15) is 0 Å². The van der Waals surface area contributed by atoms with Gasteiger partial charge in [0.05, 0.1) is 23.1 Å². The lowest BCUT2D eigenvalue weighted by Gasteiger charge is -2.45. The van der Waals surface area contributed by atoms with Crippen molar-refractivity contribution in [2.45, 2.75) is 18.8 Å². The summed E-state index contributed by atoms with van der Waals surface area (Å²) in [7, 11) is 0. The van der Waals surface area contributed by atoms with E-state index in [1.807, 2.05) is 43.3 Å². The molecule has 0 spiro atoms. The van der Waals surface area contributed by atoms with Crippen molar-refractivity contribution in [3.63, 3.8) is 0 Å². The number of amides is 3. The molecule has 0 unspecified atom stereocenters. The number of nitrogens with one attached hydrogen (secondary N) is 1. The molecule has 42 heavy (non-hydrogen) atoms. The second-order valence-electron chi connectivity index (χ2n) is 10.9. The van der Waals surface area contributed by atoms with Crippen molar-refractivity contribution in [1.82, 2.24) is 0 Å². The molecule has 0 saturated carbocycles. The Morgan fingerprint density at radius 2 is 1.31 bits per heavy atom. The van der Waals surface area contributed by atoms with Crippen molar-refractivity contribution in [1.29, 1.82) is 0 Å². The summed E-state index contributed by atoms with van der Waals surface area (Å²) in [6.45, 7) is 1.45. The van der Waals surface area contributed by atoms with Crippen molar-refractivity contribution in [2.75, 3.05) is 16.8 Å². The normalized spacial score (nSPS) is 21.4. The summed E-state index contributed by atoms with van der Waals surface area (Å²) < 4.78 is 6.13. The van der Waals surface area contributed by atoms with Crippen LogP contribution in [0, 0.1) is 18.8 Å². The minimum atomic E-state index is -0.680. The summed E-state index contributed by atoms with van der Waals surface area (Å²) in [5.41, 5.74) is 6.63. The van der Waals surface area contributed by atoms with Crippen LogP contribution in [0.4, 0.5) is 11.4 Å². The number of esters is 1. The lowest BCUT2D eigenvalue weighted by Crippen LogP contribution is -2.41. The number of ether oxygens (including phenoxy) is 1. The fourth-order valence-corrected chi connectivity index (χ4v) is 7.06. The molecule has 4 aliphatic rings. The van der Waals surface area contributed by atoms with Crippen LogP contribution in [0.2, 0.25) is 0 Å². The van der Waals surface area contributed by atoms with Crippen LogP contribution in [0.1, 0.15) is 50.0 Å². The van der Waals surface area contributed by atoms with Crippen LogP contribution >= 0.6 is 15.9 Å². The molecule has 4 aromatic carbocycles. The number of hydrogen-bond acceptors (Lipinski definition) is 5. The minimum Gasteiger partial charge on any atom is -0.452 e. The number of benzene rings is 4. The van der Waals surface area contributed by atoms with Crippen molar-refractivity contribution < 1.29 is 23.9 Å². The Morgan fingerprint density at radius 3 is 1.81 bits per heavy atom. The van der Waals surface area contributed by atoms with Gasteiger partial charge in [0.25, 0.3) is 5.91 Å². The SMILES string of the molecule is Cc1cc(NC(=O)COC(=O)c2ccc(N3C(=O)[C@@H]4C5c6ccccc6C(c6ccccc65)[C@@H]4C3=O)cc2)ccc1Br. The summed E-state index contributed by atoms with van der Waals surface area (Å²) in [6.07, 6.45) is 0. The maximum Gasteiger partial charge on any atom is 0.338 e. The first-order valence-electron chi connectivity index (χ1n) is 13.7. The molecule has 7 nitrogen and oxygen atoms in total. The first-order valence-corrected chi connectivity index (χ1v) is 14.5. The van der Waals surface area contributed by atoms with E-state index in [0.717, 1.165) is 32.3 Å². The van der Waals surface area contributed by atoms with Gasteiger partial charge in [0.15, 0.2) is 6.61 Å². The standard InChI is InChI=1S/C34H25BrN2O5/c1-18-16-20(12-15-26(18)35)36-27(38)17-42-34(41)19-10-13-21(14-11-19)37-32(39)30-28-22-6-2-3-7-23(22)29(31(30)33(37)40)25-9-5-4-8-24(25)28/h2-16,28-31H,17H2,1H3,(H,36,38)/t28?,29?,30-,31+. The Morgan fingerprint density at radius 1 is 0.786 bits per heavy atom. The number of rotatable bonds is 5. The average Bonchev–Trinajstić information content (AvgIpc) is 3.28. The molecule has 0 aromatic heterocycles. The second-order valence-corrected chi connectivity index (χ2v) is 11.8. The van der Waals surface area contributed by atoms with Gasteiger partial charge in [-0.1, -0.05) is 64.5 Å². The number of hydrogen-bond donors (Lipinski definition) is 1. The van der Waals surface area contributed by atoms with Crippen LogP contribution in [-0.2, 0) is 19.1 Å². The van der Waals surface area contributed by atoms with Gasteiger partial charge in [0.1, 0.15) is 0 Å². The molecule has 2 bridgehead atoms. The summed E-state index contributed by atoms with van der Waals surface area (Å²) in [5.74, 6) is -2.92. The van der Waals surface area contributed by atoms with E-state index in [1.165, 1.54) is 17.0 Å². The van der Waals surface area contributed by atoms with E-state index in [2.05, 4.69) is 45.5 Å². The molecule has 0 radical (unpaired) electrons. The molecule has 4 aromatic rings. The van der Waals surface area contributed by atoms with E-state index in [1.54, 1.807) is 18.2 Å². The van der Waals surface area contributed by atoms with Crippen molar-refractivity contribution >= 4 is 51.0 Å². The lowest BCUT2D eigenvalue weighted by molar-refractivity contribution is -0.122. The third-order valence-corrected chi connectivity index (χ3v) is 9.48. The lowest BCUT2D eigenvalue weighted by atomic mass is 9.55. The first kappa shape index (κ1) is 26.3. The highest BCUT2D eigenvalue weighted by Gasteiger charge is 2.61. The summed E-state index contributed by atoms with van der Waals surface area (Å²) in [5, 5.41) is 2.70. The van der Waals surface area contributed by atoms with Crippen LogP contribution < -0.4 is 10.2 Å². The van der Waals surface area contributed by atoms with Crippen LogP contribution in [-0.4, -0.2) is 30.3 Å². The van der Waals surface area contributed by atoms with Gasteiger partial charge in [-0.25, -0.2) is 9.69 Å². The highest BCUT2D eigenvalue weighted by molar-refractivity contribution is 9.10. The Balaban J connectivity index is 1.08. The number of imide groups is 1. The maximum absolute atomic E-state index is 13.9. The number of halogens is 1. The quantitative estimate of drug-likeness (QED) is 0.220. The van der Waals surface area contributed by atoms with Crippen LogP contribution in [0.3, 0.4) is 0 Å². The first-order chi connectivity index (χ1) is 20.3. The molecule has 208 valence electrons. The highest BCUT2D eigenvalue weighted by Crippen LogP contribution is 2.61. The number of aryl methyl sites for hydroxylation is 1. The average molecular weight is 621 g/mol. The van der Waals surface area contributed by atoms with Gasteiger partial charge in [-0.3, -0.25) is 14.4 Å².